The van der Waals surface area contributed by atoms with Gasteiger partial charge in [0.05, 0.1) is 6.61 Å². The van der Waals surface area contributed by atoms with Crippen LogP contribution in [0.5, 0.6) is 0 Å². The second-order valence-electron chi connectivity index (χ2n) is 4.30. The number of carbonyl (C=O) groups excluding carboxylic acids is 1. The van der Waals surface area contributed by atoms with Crippen LogP contribution < -0.4 is 10.6 Å². The zero-order valence-electron chi connectivity index (χ0n) is 9.82. The summed E-state index contributed by atoms with van der Waals surface area (Å²) in [6, 6.07) is 9.80. The van der Waals surface area contributed by atoms with Crippen LogP contribution in [0.3, 0.4) is 0 Å². The Balaban J connectivity index is 1.64. The Kier molecular flexibility index (Phi) is 4.38. The summed E-state index contributed by atoms with van der Waals surface area (Å²) in [7, 11) is 0. The molecular weight excluding hydrogens is 216 g/mol. The molecule has 92 valence electrons. The summed E-state index contributed by atoms with van der Waals surface area (Å²) in [6.45, 7) is 3.00. The molecule has 1 atom stereocenters. The molecule has 1 aromatic rings. The van der Waals surface area contributed by atoms with Gasteiger partial charge in [-0.25, -0.2) is 4.79 Å². The van der Waals surface area contributed by atoms with E-state index in [0.29, 0.717) is 19.1 Å². The minimum absolute atomic E-state index is 0.333. The number of amides is 1. The third-order valence-corrected chi connectivity index (χ3v) is 2.89. The molecule has 0 radical (unpaired) electrons. The zero-order chi connectivity index (χ0) is 11.9. The van der Waals surface area contributed by atoms with Crippen molar-refractivity contribution in [1.82, 2.24) is 10.6 Å². The number of ether oxygens (including phenoxy) is 1. The summed E-state index contributed by atoms with van der Waals surface area (Å²) in [5.74, 6) is 0.470. The summed E-state index contributed by atoms with van der Waals surface area (Å²) in [5.41, 5.74) is 1.08. The minimum Gasteiger partial charge on any atom is -0.449 e. The lowest BCUT2D eigenvalue weighted by molar-refractivity contribution is 0.129. The third kappa shape index (κ3) is 4.07. The van der Waals surface area contributed by atoms with Crippen LogP contribution in [0.15, 0.2) is 30.3 Å². The van der Waals surface area contributed by atoms with Crippen LogP contribution >= 0.6 is 0 Å². The molecule has 0 aliphatic carbocycles. The highest BCUT2D eigenvalue weighted by Gasteiger charge is 2.16. The molecule has 1 aliphatic heterocycles. The maximum atomic E-state index is 11.4. The first kappa shape index (κ1) is 11.9. The summed E-state index contributed by atoms with van der Waals surface area (Å²) in [4.78, 5) is 11.4. The van der Waals surface area contributed by atoms with Crippen molar-refractivity contribution in [3.05, 3.63) is 35.9 Å². The van der Waals surface area contributed by atoms with Gasteiger partial charge < -0.3 is 15.4 Å². The minimum atomic E-state index is -0.333. The molecule has 4 nitrogen and oxygen atoms in total. The number of hydrogen-bond acceptors (Lipinski definition) is 3. The number of nitrogens with one attached hydrogen (secondary N) is 2. The molecule has 0 bridgehead atoms. The van der Waals surface area contributed by atoms with E-state index in [9.17, 15) is 4.79 Å². The van der Waals surface area contributed by atoms with Crippen molar-refractivity contribution in [2.24, 2.45) is 5.92 Å². The van der Waals surface area contributed by atoms with E-state index >= 15 is 0 Å². The molecular formula is C13H18N2O2. The number of carbonyl (C=O) groups is 1. The molecule has 0 aromatic heterocycles. The highest BCUT2D eigenvalue weighted by atomic mass is 16.5. The van der Waals surface area contributed by atoms with E-state index in [1.54, 1.807) is 0 Å². The van der Waals surface area contributed by atoms with Gasteiger partial charge in [0.2, 0.25) is 0 Å². The fourth-order valence-electron chi connectivity index (χ4n) is 1.87. The lowest BCUT2D eigenvalue weighted by atomic mass is 10.1. The monoisotopic (exact) mass is 234 g/mol. The Labute approximate surface area is 101 Å². The van der Waals surface area contributed by atoms with Crippen molar-refractivity contribution in [2.45, 2.75) is 13.0 Å². The van der Waals surface area contributed by atoms with E-state index in [4.69, 9.17) is 4.74 Å². The number of hydrogen-bond donors (Lipinski definition) is 2. The third-order valence-electron chi connectivity index (χ3n) is 2.89. The molecule has 1 aliphatic rings. The molecule has 1 amide bonds. The lowest BCUT2D eigenvalue weighted by Gasteiger charge is -2.10. The molecule has 1 fully saturated rings. The van der Waals surface area contributed by atoms with Crippen molar-refractivity contribution < 1.29 is 9.53 Å². The zero-order valence-corrected chi connectivity index (χ0v) is 9.82. The van der Waals surface area contributed by atoms with Crippen molar-refractivity contribution in [1.29, 1.82) is 0 Å². The average Bonchev–Trinajstić information content (AvgIpc) is 2.88. The van der Waals surface area contributed by atoms with Gasteiger partial charge in [-0.1, -0.05) is 30.3 Å². The molecule has 1 aromatic carbocycles. The predicted molar refractivity (Wildman–Crippen MR) is 65.6 cm³/mol. The Hall–Kier alpha value is -1.55. The quantitative estimate of drug-likeness (QED) is 0.830. The van der Waals surface area contributed by atoms with Gasteiger partial charge >= 0.3 is 6.09 Å². The van der Waals surface area contributed by atoms with Gasteiger partial charge in [0.1, 0.15) is 0 Å². The van der Waals surface area contributed by atoms with Crippen molar-refractivity contribution >= 4 is 6.09 Å². The number of rotatable bonds is 4. The first-order valence-corrected chi connectivity index (χ1v) is 6.00. The molecule has 17 heavy (non-hydrogen) atoms. The van der Waals surface area contributed by atoms with Gasteiger partial charge in [0.25, 0.3) is 0 Å². The van der Waals surface area contributed by atoms with Gasteiger partial charge in [-0.2, -0.15) is 0 Å². The van der Waals surface area contributed by atoms with Gasteiger partial charge in [-0.3, -0.25) is 0 Å². The molecule has 4 heteroatoms. The lowest BCUT2D eigenvalue weighted by Crippen LogP contribution is -2.26. The Morgan fingerprint density at radius 2 is 2.24 bits per heavy atom. The average molecular weight is 234 g/mol. The second kappa shape index (κ2) is 6.25. The van der Waals surface area contributed by atoms with E-state index < -0.39 is 0 Å². The van der Waals surface area contributed by atoms with Crippen molar-refractivity contribution in [3.63, 3.8) is 0 Å². The molecule has 0 spiro atoms. The Morgan fingerprint density at radius 3 is 2.94 bits per heavy atom. The van der Waals surface area contributed by atoms with Crippen LogP contribution in [0.1, 0.15) is 12.0 Å². The molecule has 1 saturated heterocycles. The van der Waals surface area contributed by atoms with E-state index in [1.165, 1.54) is 0 Å². The van der Waals surface area contributed by atoms with Gasteiger partial charge in [-0.15, -0.1) is 0 Å². The summed E-state index contributed by atoms with van der Waals surface area (Å²) >= 11 is 0. The normalized spacial score (nSPS) is 18.9. The highest BCUT2D eigenvalue weighted by Crippen LogP contribution is 2.07. The maximum Gasteiger partial charge on any atom is 0.407 e. The molecule has 1 unspecified atom stereocenters. The Bertz CT molecular complexity index is 348. The van der Waals surface area contributed by atoms with Crippen LogP contribution in [-0.4, -0.2) is 25.8 Å². The molecule has 1 heterocycles. The van der Waals surface area contributed by atoms with E-state index in [2.05, 4.69) is 10.6 Å². The Morgan fingerprint density at radius 1 is 1.41 bits per heavy atom. The SMILES string of the molecule is O=C(NCc1ccccc1)OCC1CCNC1. The summed E-state index contributed by atoms with van der Waals surface area (Å²) < 4.78 is 5.16. The van der Waals surface area contributed by atoms with E-state index in [1.807, 2.05) is 30.3 Å². The highest BCUT2D eigenvalue weighted by molar-refractivity contribution is 5.67. The van der Waals surface area contributed by atoms with Crippen LogP contribution in [0.4, 0.5) is 4.79 Å². The topological polar surface area (TPSA) is 50.4 Å². The molecule has 0 saturated carbocycles. The van der Waals surface area contributed by atoms with Gasteiger partial charge in [0.15, 0.2) is 0 Å². The van der Waals surface area contributed by atoms with E-state index in [-0.39, 0.29) is 6.09 Å². The molecule has 2 rings (SSSR count). The summed E-state index contributed by atoms with van der Waals surface area (Å²) in [5, 5.41) is 5.98. The van der Waals surface area contributed by atoms with Gasteiger partial charge in [0, 0.05) is 19.0 Å². The molecule has 2 N–H and O–H groups in total. The first-order valence-electron chi connectivity index (χ1n) is 6.00. The van der Waals surface area contributed by atoms with E-state index in [0.717, 1.165) is 25.1 Å². The standard InChI is InChI=1S/C13H18N2O2/c16-13(17-10-12-6-7-14-8-12)15-9-11-4-2-1-3-5-11/h1-5,12,14H,6-10H2,(H,15,16). The fourth-order valence-corrected chi connectivity index (χ4v) is 1.87. The fraction of sp³-hybridized carbons (Fsp3) is 0.462. The predicted octanol–water partition coefficient (Wildman–Crippen LogP) is 1.52. The maximum absolute atomic E-state index is 11.4. The number of benzene rings is 1. The van der Waals surface area contributed by atoms with Crippen LogP contribution in [-0.2, 0) is 11.3 Å². The van der Waals surface area contributed by atoms with Crippen molar-refractivity contribution in [2.75, 3.05) is 19.7 Å². The van der Waals surface area contributed by atoms with Crippen molar-refractivity contribution in [3.8, 4) is 0 Å². The first-order chi connectivity index (χ1) is 8.34. The van der Waals surface area contributed by atoms with Crippen LogP contribution in [0, 0.1) is 5.92 Å². The number of alkyl carbamates (subject to hydrolysis) is 1. The van der Waals surface area contributed by atoms with Gasteiger partial charge in [-0.05, 0) is 18.5 Å². The largest absolute Gasteiger partial charge is 0.449 e. The van der Waals surface area contributed by atoms with Crippen LogP contribution in [0.2, 0.25) is 0 Å². The smallest absolute Gasteiger partial charge is 0.407 e. The van der Waals surface area contributed by atoms with Crippen LogP contribution in [0.25, 0.3) is 0 Å². The summed E-state index contributed by atoms with van der Waals surface area (Å²) in [6.07, 6.45) is 0.757. The second-order valence-corrected chi connectivity index (χ2v) is 4.30.